The van der Waals surface area contributed by atoms with Crippen LogP contribution in [0.15, 0.2) is 40.9 Å². The highest BCUT2D eigenvalue weighted by atomic mass is 32.1. The number of hydrogen-bond acceptors (Lipinski definition) is 6. The minimum absolute atomic E-state index is 0.0110. The zero-order valence-electron chi connectivity index (χ0n) is 13.1. The van der Waals surface area contributed by atoms with E-state index in [0.29, 0.717) is 12.2 Å². The van der Waals surface area contributed by atoms with Crippen molar-refractivity contribution in [2.45, 2.75) is 20.3 Å². The van der Waals surface area contributed by atoms with Crippen LogP contribution in [-0.2, 0) is 9.63 Å². The maximum Gasteiger partial charge on any atom is 0.331 e. The van der Waals surface area contributed by atoms with Crippen LogP contribution in [0, 0.1) is 0 Å². The first-order valence-electron chi connectivity index (χ1n) is 7.32. The topological polar surface area (TPSA) is 68.1 Å². The molecule has 1 aromatic heterocycles. The molecule has 0 bridgehead atoms. The number of nitrogens with zero attached hydrogens (tertiary/aromatic N) is 1. The van der Waals surface area contributed by atoms with Crippen LogP contribution in [-0.4, -0.2) is 30.0 Å². The zero-order chi connectivity index (χ0) is 16.7. The molecule has 0 amide bonds. The van der Waals surface area contributed by atoms with Gasteiger partial charge in [-0.15, -0.1) is 11.3 Å². The molecule has 1 aromatic carbocycles. The molecule has 0 radical (unpaired) electrons. The summed E-state index contributed by atoms with van der Waals surface area (Å²) < 4.78 is 5.36. The molecule has 0 aliphatic rings. The number of aliphatic hydroxyl groups is 1. The van der Waals surface area contributed by atoms with E-state index in [4.69, 9.17) is 14.7 Å². The maximum absolute atomic E-state index is 11.0. The van der Waals surface area contributed by atoms with Crippen LogP contribution in [0.4, 0.5) is 0 Å². The lowest BCUT2D eigenvalue weighted by molar-refractivity contribution is -0.140. The Morgan fingerprint density at radius 3 is 2.61 bits per heavy atom. The predicted octanol–water partition coefficient (Wildman–Crippen LogP) is 3.46. The molecule has 0 aliphatic heterocycles. The van der Waals surface area contributed by atoms with Gasteiger partial charge in [-0.1, -0.05) is 24.2 Å². The SMILES string of the molecule is CCC(=NOC(C)=O)c1sccc1-c1ccc(OCCO)cc1. The molecular formula is C17H19NO4S. The summed E-state index contributed by atoms with van der Waals surface area (Å²) in [5.41, 5.74) is 2.81. The van der Waals surface area contributed by atoms with E-state index in [0.717, 1.165) is 21.7 Å². The number of aliphatic hydroxyl groups excluding tert-OH is 1. The van der Waals surface area contributed by atoms with Crippen LogP contribution in [0.1, 0.15) is 25.1 Å². The molecule has 1 heterocycles. The van der Waals surface area contributed by atoms with Crippen LogP contribution in [0.5, 0.6) is 5.75 Å². The number of oxime groups is 1. The monoisotopic (exact) mass is 333 g/mol. The number of thiophene rings is 1. The van der Waals surface area contributed by atoms with E-state index in [1.54, 1.807) is 11.3 Å². The Labute approximate surface area is 139 Å². The molecule has 6 heteroatoms. The molecule has 5 nitrogen and oxygen atoms in total. The van der Waals surface area contributed by atoms with E-state index in [-0.39, 0.29) is 13.2 Å². The van der Waals surface area contributed by atoms with Gasteiger partial charge in [-0.3, -0.25) is 0 Å². The van der Waals surface area contributed by atoms with Gasteiger partial charge >= 0.3 is 5.97 Å². The first kappa shape index (κ1) is 17.2. The summed E-state index contributed by atoms with van der Waals surface area (Å²) in [6.07, 6.45) is 0.665. The Kier molecular flexibility index (Phi) is 6.31. The molecule has 23 heavy (non-hydrogen) atoms. The standard InChI is InChI=1S/C17H19NO4S/c1-3-16(18-22-12(2)20)17-15(8-11-23-17)13-4-6-14(7-5-13)21-10-9-19/h4-8,11,19H,3,9-10H2,1-2H3. The molecule has 0 atom stereocenters. The van der Waals surface area contributed by atoms with Crippen molar-refractivity contribution in [1.82, 2.24) is 0 Å². The number of carbonyl (C=O) groups excluding carboxylic acids is 1. The third-order valence-corrected chi connectivity index (χ3v) is 4.04. The fraction of sp³-hybridized carbons (Fsp3) is 0.294. The molecule has 122 valence electrons. The van der Waals surface area contributed by atoms with Crippen molar-refractivity contribution >= 4 is 23.0 Å². The average Bonchev–Trinajstić information content (AvgIpc) is 3.03. The fourth-order valence-corrected chi connectivity index (χ4v) is 3.01. The van der Waals surface area contributed by atoms with Gasteiger partial charge in [-0.2, -0.15) is 0 Å². The molecule has 2 rings (SSSR count). The lowest BCUT2D eigenvalue weighted by atomic mass is 10.0. The van der Waals surface area contributed by atoms with Gasteiger partial charge in [0.25, 0.3) is 0 Å². The Morgan fingerprint density at radius 2 is 2.00 bits per heavy atom. The van der Waals surface area contributed by atoms with Gasteiger partial charge in [0, 0.05) is 12.5 Å². The lowest BCUT2D eigenvalue weighted by Gasteiger charge is -2.08. The molecule has 0 unspecified atom stereocenters. The van der Waals surface area contributed by atoms with Crippen LogP contribution in [0.25, 0.3) is 11.1 Å². The van der Waals surface area contributed by atoms with E-state index in [1.165, 1.54) is 6.92 Å². The van der Waals surface area contributed by atoms with E-state index in [2.05, 4.69) is 5.16 Å². The molecular weight excluding hydrogens is 314 g/mol. The van der Waals surface area contributed by atoms with Crippen LogP contribution in [0.2, 0.25) is 0 Å². The summed E-state index contributed by atoms with van der Waals surface area (Å²) in [6, 6.07) is 9.65. The van der Waals surface area contributed by atoms with Gasteiger partial charge in [0.2, 0.25) is 0 Å². The van der Waals surface area contributed by atoms with Crippen molar-refractivity contribution in [2.75, 3.05) is 13.2 Å². The van der Waals surface area contributed by atoms with Crippen LogP contribution < -0.4 is 4.74 Å². The Hall–Kier alpha value is -2.18. The van der Waals surface area contributed by atoms with E-state index >= 15 is 0 Å². The number of carbonyl (C=O) groups is 1. The van der Waals surface area contributed by atoms with E-state index in [1.807, 2.05) is 42.6 Å². The molecule has 2 aromatic rings. The smallest absolute Gasteiger partial charge is 0.331 e. The van der Waals surface area contributed by atoms with Gasteiger partial charge in [0.1, 0.15) is 12.4 Å². The summed E-state index contributed by atoms with van der Waals surface area (Å²) >= 11 is 1.56. The highest BCUT2D eigenvalue weighted by Crippen LogP contribution is 2.31. The molecule has 0 saturated heterocycles. The van der Waals surface area contributed by atoms with Crippen molar-refractivity contribution < 1.29 is 19.5 Å². The van der Waals surface area contributed by atoms with Gasteiger partial charge < -0.3 is 14.7 Å². The first-order valence-corrected chi connectivity index (χ1v) is 8.20. The fourth-order valence-electron chi connectivity index (χ4n) is 2.04. The number of benzene rings is 1. The van der Waals surface area contributed by atoms with E-state index < -0.39 is 5.97 Å². The third-order valence-electron chi connectivity index (χ3n) is 3.07. The quantitative estimate of drug-likeness (QED) is 0.479. The van der Waals surface area contributed by atoms with Crippen molar-refractivity contribution in [3.8, 4) is 16.9 Å². The first-order chi connectivity index (χ1) is 11.2. The Morgan fingerprint density at radius 1 is 1.26 bits per heavy atom. The summed E-state index contributed by atoms with van der Waals surface area (Å²) in [5, 5.41) is 14.7. The van der Waals surface area contributed by atoms with Crippen molar-refractivity contribution in [3.63, 3.8) is 0 Å². The Balaban J connectivity index is 2.26. The van der Waals surface area contributed by atoms with Gasteiger partial charge in [0.15, 0.2) is 0 Å². The largest absolute Gasteiger partial charge is 0.491 e. The molecule has 0 saturated carbocycles. The van der Waals surface area contributed by atoms with Gasteiger partial charge in [0.05, 0.1) is 17.2 Å². The minimum Gasteiger partial charge on any atom is -0.491 e. The Bertz CT molecular complexity index is 676. The second kappa shape index (κ2) is 8.45. The predicted molar refractivity (Wildman–Crippen MR) is 90.9 cm³/mol. The molecule has 0 fully saturated rings. The van der Waals surface area contributed by atoms with Crippen molar-refractivity contribution in [2.24, 2.45) is 5.16 Å². The average molecular weight is 333 g/mol. The summed E-state index contributed by atoms with van der Waals surface area (Å²) in [6.45, 7) is 3.57. The summed E-state index contributed by atoms with van der Waals surface area (Å²) in [4.78, 5) is 16.7. The summed E-state index contributed by atoms with van der Waals surface area (Å²) in [5.74, 6) is 0.281. The van der Waals surface area contributed by atoms with Crippen molar-refractivity contribution in [1.29, 1.82) is 0 Å². The molecule has 0 spiro atoms. The van der Waals surface area contributed by atoms with Gasteiger partial charge in [-0.05, 0) is 35.6 Å². The normalized spacial score (nSPS) is 11.3. The number of ether oxygens (including phenoxy) is 1. The summed E-state index contributed by atoms with van der Waals surface area (Å²) in [7, 11) is 0. The van der Waals surface area contributed by atoms with Crippen LogP contribution >= 0.6 is 11.3 Å². The zero-order valence-corrected chi connectivity index (χ0v) is 13.9. The van der Waals surface area contributed by atoms with Crippen LogP contribution in [0.3, 0.4) is 0 Å². The van der Waals surface area contributed by atoms with Gasteiger partial charge in [-0.25, -0.2) is 4.79 Å². The highest BCUT2D eigenvalue weighted by Gasteiger charge is 2.13. The number of rotatable bonds is 7. The second-order valence-corrected chi connectivity index (χ2v) is 5.65. The molecule has 0 aliphatic carbocycles. The maximum atomic E-state index is 11.0. The van der Waals surface area contributed by atoms with E-state index in [9.17, 15) is 4.79 Å². The second-order valence-electron chi connectivity index (χ2n) is 4.73. The van der Waals surface area contributed by atoms with Crippen molar-refractivity contribution in [3.05, 3.63) is 40.6 Å². The minimum atomic E-state index is -0.431. The highest BCUT2D eigenvalue weighted by molar-refractivity contribution is 7.12. The lowest BCUT2D eigenvalue weighted by Crippen LogP contribution is -2.02. The molecule has 1 N–H and O–H groups in total. The number of hydrogen-bond donors (Lipinski definition) is 1. The third kappa shape index (κ3) is 4.64.